The van der Waals surface area contributed by atoms with Gasteiger partial charge in [-0.05, 0) is 0 Å². The van der Waals surface area contributed by atoms with Crippen LogP contribution in [-0.4, -0.2) is 8.07 Å². The lowest BCUT2D eigenvalue weighted by Crippen LogP contribution is -2.30. The number of nitriles is 1. The monoisotopic (exact) mass is 181 g/mol. The molecule has 0 rings (SSSR count). The molecule has 0 spiro atoms. The number of hydrogen-bond donors (Lipinski definition) is 0. The molecule has 0 aromatic rings. The predicted molar refractivity (Wildman–Crippen MR) is 56.6 cm³/mol. The van der Waals surface area contributed by atoms with E-state index in [2.05, 4.69) is 32.2 Å². The molecule has 0 N–H and O–H groups in total. The maximum absolute atomic E-state index is 8.72. The van der Waals surface area contributed by atoms with Crippen molar-refractivity contribution in [3.63, 3.8) is 0 Å². The van der Waals surface area contributed by atoms with Gasteiger partial charge < -0.3 is 0 Å². The lowest BCUT2D eigenvalue weighted by atomic mass is 10.6. The van der Waals surface area contributed by atoms with Gasteiger partial charge in [0.15, 0.2) is 0 Å². The zero-order chi connectivity index (χ0) is 9.45. The van der Waals surface area contributed by atoms with E-state index < -0.39 is 8.07 Å². The smallest absolute Gasteiger partial charge is 0.0920 e. The Morgan fingerprint density at radius 1 is 1.33 bits per heavy atom. The van der Waals surface area contributed by atoms with Gasteiger partial charge in [0.1, 0.15) is 0 Å². The van der Waals surface area contributed by atoms with Crippen LogP contribution in [0.15, 0.2) is 12.3 Å². The Hall–Kier alpha value is -0.553. The van der Waals surface area contributed by atoms with Crippen LogP contribution in [0.1, 0.15) is 26.7 Å². The highest BCUT2D eigenvalue weighted by Crippen LogP contribution is 2.24. The standard InChI is InChI=1S/C10H19NSi/c1-4-8-12(6-3,9-5-2)10-7-11/h6H,3-5,8-10H2,1-2H3. The Morgan fingerprint density at radius 2 is 1.83 bits per heavy atom. The molecule has 68 valence electrons. The average Bonchev–Trinajstić information content (AvgIpc) is 2.06. The van der Waals surface area contributed by atoms with E-state index in [9.17, 15) is 0 Å². The van der Waals surface area contributed by atoms with Crippen LogP contribution in [0, 0.1) is 11.3 Å². The fourth-order valence-corrected chi connectivity index (χ4v) is 5.19. The molecule has 0 aliphatic heterocycles. The van der Waals surface area contributed by atoms with Gasteiger partial charge in [-0.3, -0.25) is 0 Å². The maximum atomic E-state index is 8.72. The Morgan fingerprint density at radius 3 is 2.08 bits per heavy atom. The van der Waals surface area contributed by atoms with Crippen LogP contribution < -0.4 is 0 Å². The lowest BCUT2D eigenvalue weighted by Gasteiger charge is -2.24. The molecule has 0 heterocycles. The molecule has 0 aliphatic rings. The molecular weight excluding hydrogens is 162 g/mol. The van der Waals surface area contributed by atoms with Gasteiger partial charge in [0.25, 0.3) is 0 Å². The van der Waals surface area contributed by atoms with Gasteiger partial charge >= 0.3 is 0 Å². The molecule has 0 aromatic carbocycles. The van der Waals surface area contributed by atoms with E-state index >= 15 is 0 Å². The van der Waals surface area contributed by atoms with Crippen molar-refractivity contribution in [3.8, 4) is 6.07 Å². The van der Waals surface area contributed by atoms with Crippen molar-refractivity contribution in [2.45, 2.75) is 44.8 Å². The molecular formula is C10H19NSi. The minimum absolute atomic E-state index is 0.762. The van der Waals surface area contributed by atoms with Gasteiger partial charge in [0.05, 0.1) is 14.1 Å². The molecule has 0 atom stereocenters. The van der Waals surface area contributed by atoms with Crippen LogP contribution in [0.5, 0.6) is 0 Å². The molecule has 0 bridgehead atoms. The molecule has 0 aliphatic carbocycles. The van der Waals surface area contributed by atoms with Crippen LogP contribution in [0.2, 0.25) is 18.1 Å². The molecule has 0 saturated carbocycles. The summed E-state index contributed by atoms with van der Waals surface area (Å²) >= 11 is 0. The molecule has 0 saturated heterocycles. The van der Waals surface area contributed by atoms with Gasteiger partial charge in [-0.15, -0.1) is 12.3 Å². The van der Waals surface area contributed by atoms with Crippen LogP contribution in [0.25, 0.3) is 0 Å². The van der Waals surface area contributed by atoms with Crippen LogP contribution in [-0.2, 0) is 0 Å². The first-order chi connectivity index (χ1) is 5.74. The molecule has 2 heteroatoms. The van der Waals surface area contributed by atoms with Gasteiger partial charge in [-0.25, -0.2) is 0 Å². The SMILES string of the molecule is C=C[Si](CC#N)(CCC)CCC. The minimum Gasteiger partial charge on any atom is -0.199 e. The van der Waals surface area contributed by atoms with Crippen molar-refractivity contribution < 1.29 is 0 Å². The third kappa shape index (κ3) is 3.23. The van der Waals surface area contributed by atoms with Crippen molar-refractivity contribution in [2.24, 2.45) is 0 Å². The quantitative estimate of drug-likeness (QED) is 0.575. The zero-order valence-electron chi connectivity index (χ0n) is 8.27. The number of rotatable bonds is 6. The summed E-state index contributed by atoms with van der Waals surface area (Å²) in [5.74, 6) is 0. The molecule has 0 unspecified atom stereocenters. The summed E-state index contributed by atoms with van der Waals surface area (Å²) < 4.78 is 0. The third-order valence-electron chi connectivity index (χ3n) is 2.36. The molecule has 0 radical (unpaired) electrons. The first-order valence-corrected chi connectivity index (χ1v) is 7.45. The summed E-state index contributed by atoms with van der Waals surface area (Å²) in [6, 6.07) is 5.55. The maximum Gasteiger partial charge on any atom is 0.0920 e. The van der Waals surface area contributed by atoms with Crippen LogP contribution >= 0.6 is 0 Å². The Bertz CT molecular complexity index is 163. The van der Waals surface area contributed by atoms with E-state index in [0.717, 1.165) is 6.04 Å². The second-order valence-corrected chi connectivity index (χ2v) is 7.89. The van der Waals surface area contributed by atoms with E-state index in [4.69, 9.17) is 5.26 Å². The van der Waals surface area contributed by atoms with Crippen LogP contribution in [0.3, 0.4) is 0 Å². The van der Waals surface area contributed by atoms with Crippen molar-refractivity contribution in [3.05, 3.63) is 12.3 Å². The summed E-state index contributed by atoms with van der Waals surface area (Å²) in [5.41, 5.74) is 2.11. The normalized spacial score (nSPS) is 10.8. The highest BCUT2D eigenvalue weighted by molar-refractivity contribution is 6.84. The first kappa shape index (κ1) is 11.4. The minimum atomic E-state index is -1.37. The topological polar surface area (TPSA) is 23.8 Å². The second kappa shape index (κ2) is 6.02. The summed E-state index contributed by atoms with van der Waals surface area (Å²) in [5, 5.41) is 8.72. The van der Waals surface area contributed by atoms with Crippen molar-refractivity contribution >= 4 is 8.07 Å². The fraction of sp³-hybridized carbons (Fsp3) is 0.700. The van der Waals surface area contributed by atoms with Crippen molar-refractivity contribution in [2.75, 3.05) is 0 Å². The van der Waals surface area contributed by atoms with Crippen molar-refractivity contribution in [1.29, 1.82) is 5.26 Å². The summed E-state index contributed by atoms with van der Waals surface area (Å²) in [6.45, 7) is 8.29. The average molecular weight is 181 g/mol. The highest BCUT2D eigenvalue weighted by Gasteiger charge is 2.26. The fourth-order valence-electron chi connectivity index (χ4n) is 1.73. The van der Waals surface area contributed by atoms with Gasteiger partial charge in [-0.1, -0.05) is 38.8 Å². The molecule has 1 nitrogen and oxygen atoms in total. The van der Waals surface area contributed by atoms with E-state index in [1.54, 1.807) is 0 Å². The van der Waals surface area contributed by atoms with E-state index in [-0.39, 0.29) is 0 Å². The largest absolute Gasteiger partial charge is 0.199 e. The van der Waals surface area contributed by atoms with Gasteiger partial charge in [-0.2, -0.15) is 5.26 Å². The molecule has 12 heavy (non-hydrogen) atoms. The van der Waals surface area contributed by atoms with Gasteiger partial charge in [0.2, 0.25) is 0 Å². The zero-order valence-corrected chi connectivity index (χ0v) is 9.27. The Kier molecular flexibility index (Phi) is 5.74. The van der Waals surface area contributed by atoms with Gasteiger partial charge in [0, 0.05) is 6.04 Å². The molecule has 0 amide bonds. The first-order valence-electron chi connectivity index (χ1n) is 4.75. The molecule has 0 aromatic heterocycles. The summed E-state index contributed by atoms with van der Waals surface area (Å²) in [6.07, 6.45) is 2.39. The Balaban J connectivity index is 4.29. The summed E-state index contributed by atoms with van der Waals surface area (Å²) in [4.78, 5) is 0. The number of nitrogens with zero attached hydrogens (tertiary/aromatic N) is 1. The molecule has 0 fully saturated rings. The van der Waals surface area contributed by atoms with E-state index in [1.165, 1.54) is 24.9 Å². The highest BCUT2D eigenvalue weighted by atomic mass is 28.3. The lowest BCUT2D eigenvalue weighted by molar-refractivity contribution is 0.981. The van der Waals surface area contributed by atoms with E-state index in [1.807, 2.05) is 0 Å². The second-order valence-electron chi connectivity index (χ2n) is 3.40. The van der Waals surface area contributed by atoms with Crippen LogP contribution in [0.4, 0.5) is 0 Å². The number of hydrogen-bond acceptors (Lipinski definition) is 1. The third-order valence-corrected chi connectivity index (χ3v) is 7.08. The van der Waals surface area contributed by atoms with E-state index in [0.29, 0.717) is 0 Å². The Labute approximate surface area is 77.1 Å². The predicted octanol–water partition coefficient (Wildman–Crippen LogP) is 3.50. The summed E-state index contributed by atoms with van der Waals surface area (Å²) in [7, 11) is -1.37. The van der Waals surface area contributed by atoms with Crippen molar-refractivity contribution in [1.82, 2.24) is 0 Å².